The molecule has 0 saturated carbocycles. The molecular formula is C14H25BN2O3. The molecule has 1 unspecified atom stereocenters. The lowest BCUT2D eigenvalue weighted by Gasteiger charge is -2.47. The van der Waals surface area contributed by atoms with E-state index in [0.717, 1.165) is 5.46 Å². The second-order valence-electron chi connectivity index (χ2n) is 6.46. The van der Waals surface area contributed by atoms with Crippen molar-refractivity contribution in [2.24, 2.45) is 5.41 Å². The minimum atomic E-state index is -0.361. The van der Waals surface area contributed by atoms with Crippen molar-refractivity contribution >= 4 is 12.6 Å². The zero-order valence-corrected chi connectivity index (χ0v) is 13.3. The SMILES string of the molecule is CCOC(C)n1cc(B2OCC(C)(C)C(C)(C)O2)cn1. The third kappa shape index (κ3) is 2.92. The smallest absolute Gasteiger partial charge is 0.407 e. The molecule has 112 valence electrons. The quantitative estimate of drug-likeness (QED) is 0.791. The molecule has 5 nitrogen and oxygen atoms in total. The molecular weight excluding hydrogens is 255 g/mol. The molecule has 6 heteroatoms. The maximum Gasteiger partial charge on any atom is 0.497 e. The Bertz CT molecular complexity index is 459. The fourth-order valence-corrected chi connectivity index (χ4v) is 2.07. The molecule has 0 spiro atoms. The van der Waals surface area contributed by atoms with E-state index in [9.17, 15) is 0 Å². The predicted molar refractivity (Wildman–Crippen MR) is 78.8 cm³/mol. The molecule has 1 atom stereocenters. The van der Waals surface area contributed by atoms with Crippen molar-refractivity contribution in [3.05, 3.63) is 12.4 Å². The van der Waals surface area contributed by atoms with E-state index in [-0.39, 0.29) is 24.4 Å². The van der Waals surface area contributed by atoms with E-state index in [1.54, 1.807) is 10.9 Å². The Morgan fingerprint density at radius 3 is 2.75 bits per heavy atom. The Balaban J connectivity index is 2.10. The van der Waals surface area contributed by atoms with Gasteiger partial charge in [0.2, 0.25) is 0 Å². The standard InChI is InChI=1S/C14H25BN2O3/c1-7-18-11(2)17-9-12(8-16-17)15-19-10-13(3,4)14(5,6)20-15/h8-9,11H,7,10H2,1-6H3. The van der Waals surface area contributed by atoms with Gasteiger partial charge in [-0.1, -0.05) is 13.8 Å². The van der Waals surface area contributed by atoms with Gasteiger partial charge in [-0.3, -0.25) is 0 Å². The molecule has 2 rings (SSSR count). The predicted octanol–water partition coefficient (Wildman–Crippen LogP) is 1.98. The van der Waals surface area contributed by atoms with E-state index >= 15 is 0 Å². The van der Waals surface area contributed by atoms with E-state index in [1.807, 2.05) is 20.0 Å². The number of hydrogen-bond acceptors (Lipinski definition) is 4. The monoisotopic (exact) mass is 280 g/mol. The molecule has 0 aliphatic carbocycles. The van der Waals surface area contributed by atoms with Crippen molar-refractivity contribution in [1.29, 1.82) is 0 Å². The maximum atomic E-state index is 6.11. The van der Waals surface area contributed by atoms with Crippen molar-refractivity contribution in [2.75, 3.05) is 13.2 Å². The van der Waals surface area contributed by atoms with E-state index in [4.69, 9.17) is 14.0 Å². The topological polar surface area (TPSA) is 45.5 Å². The molecule has 0 bridgehead atoms. The lowest BCUT2D eigenvalue weighted by molar-refractivity contribution is -0.0937. The van der Waals surface area contributed by atoms with Gasteiger partial charge in [0.05, 0.1) is 5.60 Å². The van der Waals surface area contributed by atoms with Crippen LogP contribution in [0, 0.1) is 5.41 Å². The van der Waals surface area contributed by atoms with Gasteiger partial charge in [0.1, 0.15) is 6.23 Å². The van der Waals surface area contributed by atoms with Crippen LogP contribution in [0.25, 0.3) is 0 Å². The average Bonchev–Trinajstić information content (AvgIpc) is 2.82. The molecule has 1 aromatic rings. The Morgan fingerprint density at radius 1 is 1.45 bits per heavy atom. The van der Waals surface area contributed by atoms with Crippen LogP contribution in [0.4, 0.5) is 0 Å². The first-order chi connectivity index (χ1) is 9.27. The van der Waals surface area contributed by atoms with Gasteiger partial charge in [0.15, 0.2) is 0 Å². The van der Waals surface area contributed by atoms with Crippen LogP contribution in [0.3, 0.4) is 0 Å². The van der Waals surface area contributed by atoms with Gasteiger partial charge < -0.3 is 14.0 Å². The first kappa shape index (κ1) is 15.5. The third-order valence-electron chi connectivity index (χ3n) is 4.30. The van der Waals surface area contributed by atoms with Gasteiger partial charge in [0.25, 0.3) is 0 Å². The normalized spacial score (nSPS) is 22.8. The highest BCUT2D eigenvalue weighted by atomic mass is 16.6. The summed E-state index contributed by atoms with van der Waals surface area (Å²) < 4.78 is 19.3. The summed E-state index contributed by atoms with van der Waals surface area (Å²) in [4.78, 5) is 0. The number of ether oxygens (including phenoxy) is 1. The van der Waals surface area contributed by atoms with Gasteiger partial charge in [-0.2, -0.15) is 5.10 Å². The summed E-state index contributed by atoms with van der Waals surface area (Å²) in [5, 5.41) is 4.33. The molecule has 1 saturated heterocycles. The van der Waals surface area contributed by atoms with Gasteiger partial charge in [-0.25, -0.2) is 4.68 Å². The minimum absolute atomic E-state index is 0.0158. The fraction of sp³-hybridized carbons (Fsp3) is 0.786. The molecule has 0 amide bonds. The lowest BCUT2D eigenvalue weighted by Crippen LogP contribution is -2.58. The van der Waals surface area contributed by atoms with Crippen molar-refractivity contribution < 1.29 is 14.0 Å². The summed E-state index contributed by atoms with van der Waals surface area (Å²) in [5.41, 5.74) is 0.668. The summed E-state index contributed by atoms with van der Waals surface area (Å²) in [6.07, 6.45) is 3.63. The zero-order valence-electron chi connectivity index (χ0n) is 13.3. The highest BCUT2D eigenvalue weighted by Gasteiger charge is 2.47. The van der Waals surface area contributed by atoms with E-state index in [0.29, 0.717) is 13.2 Å². The largest absolute Gasteiger partial charge is 0.497 e. The number of rotatable bonds is 4. The molecule has 2 heterocycles. The first-order valence-electron chi connectivity index (χ1n) is 7.22. The Hall–Kier alpha value is -0.845. The average molecular weight is 280 g/mol. The van der Waals surface area contributed by atoms with E-state index in [2.05, 4.69) is 32.8 Å². The van der Waals surface area contributed by atoms with Crippen LogP contribution in [-0.2, 0) is 14.0 Å². The zero-order chi connectivity index (χ0) is 15.0. The van der Waals surface area contributed by atoms with Crippen LogP contribution in [0.1, 0.15) is 47.8 Å². The third-order valence-corrected chi connectivity index (χ3v) is 4.30. The summed E-state index contributed by atoms with van der Waals surface area (Å²) in [6, 6.07) is 0. The van der Waals surface area contributed by atoms with Gasteiger partial charge in [0, 0.05) is 36.5 Å². The van der Waals surface area contributed by atoms with Crippen LogP contribution >= 0.6 is 0 Å². The maximum absolute atomic E-state index is 6.11. The van der Waals surface area contributed by atoms with Crippen molar-refractivity contribution in [2.45, 2.75) is 53.4 Å². The Kier molecular flexibility index (Phi) is 4.28. The highest BCUT2D eigenvalue weighted by Crippen LogP contribution is 2.37. The number of aromatic nitrogens is 2. The van der Waals surface area contributed by atoms with Crippen LogP contribution in [0.2, 0.25) is 0 Å². The Morgan fingerprint density at radius 2 is 2.15 bits per heavy atom. The molecule has 20 heavy (non-hydrogen) atoms. The van der Waals surface area contributed by atoms with Gasteiger partial charge in [-0.05, 0) is 27.7 Å². The fourth-order valence-electron chi connectivity index (χ4n) is 2.07. The molecule has 1 aliphatic heterocycles. The summed E-state index contributed by atoms with van der Waals surface area (Å²) in [5.74, 6) is 0. The lowest BCUT2D eigenvalue weighted by atomic mass is 9.70. The van der Waals surface area contributed by atoms with Crippen molar-refractivity contribution in [1.82, 2.24) is 9.78 Å². The van der Waals surface area contributed by atoms with Crippen LogP contribution in [-0.4, -0.2) is 35.7 Å². The van der Waals surface area contributed by atoms with Crippen molar-refractivity contribution in [3.8, 4) is 0 Å². The summed E-state index contributed by atoms with van der Waals surface area (Å²) in [6.45, 7) is 13.8. The molecule has 1 aromatic heterocycles. The second kappa shape index (κ2) is 5.50. The molecule has 0 aromatic carbocycles. The van der Waals surface area contributed by atoms with E-state index < -0.39 is 0 Å². The number of nitrogens with zero attached hydrogens (tertiary/aromatic N) is 2. The van der Waals surface area contributed by atoms with Crippen LogP contribution in [0.5, 0.6) is 0 Å². The van der Waals surface area contributed by atoms with Crippen LogP contribution in [0.15, 0.2) is 12.4 Å². The molecule has 1 aliphatic rings. The second-order valence-corrected chi connectivity index (χ2v) is 6.46. The van der Waals surface area contributed by atoms with Crippen molar-refractivity contribution in [3.63, 3.8) is 0 Å². The summed E-state index contributed by atoms with van der Waals surface area (Å²) >= 11 is 0. The van der Waals surface area contributed by atoms with E-state index in [1.165, 1.54) is 0 Å². The van der Waals surface area contributed by atoms with Gasteiger partial charge >= 0.3 is 7.12 Å². The first-order valence-corrected chi connectivity index (χ1v) is 7.22. The Labute approximate surface area is 121 Å². The number of hydrogen-bond donors (Lipinski definition) is 0. The molecule has 1 fully saturated rings. The minimum Gasteiger partial charge on any atom is -0.407 e. The van der Waals surface area contributed by atoms with Crippen LogP contribution < -0.4 is 5.46 Å². The molecule has 0 radical (unpaired) electrons. The highest BCUT2D eigenvalue weighted by molar-refractivity contribution is 6.61. The summed E-state index contributed by atoms with van der Waals surface area (Å²) in [7, 11) is -0.361. The van der Waals surface area contributed by atoms with Gasteiger partial charge in [-0.15, -0.1) is 0 Å². The molecule has 0 N–H and O–H groups in total.